The van der Waals surface area contributed by atoms with Crippen LogP contribution in [-0.4, -0.2) is 17.7 Å². The third kappa shape index (κ3) is 5.41. The molecule has 1 N–H and O–H groups in total. The number of benzene rings is 1. The van der Waals surface area contributed by atoms with Crippen molar-refractivity contribution in [2.45, 2.75) is 17.9 Å². The van der Waals surface area contributed by atoms with Gasteiger partial charge in [-0.15, -0.1) is 18.3 Å². The molecular weight excluding hydrogens is 298 g/mol. The van der Waals surface area contributed by atoms with E-state index in [0.717, 1.165) is 10.2 Å². The lowest BCUT2D eigenvalue weighted by Crippen LogP contribution is -2.30. The quantitative estimate of drug-likeness (QED) is 0.816. The Morgan fingerprint density at radius 3 is 2.76 bits per heavy atom. The van der Waals surface area contributed by atoms with Crippen molar-refractivity contribution in [1.29, 1.82) is 0 Å². The molecule has 1 unspecified atom stereocenters. The van der Waals surface area contributed by atoms with Gasteiger partial charge in [-0.05, 0) is 24.6 Å². The van der Waals surface area contributed by atoms with Gasteiger partial charge in [0, 0.05) is 16.8 Å². The highest BCUT2D eigenvalue weighted by molar-refractivity contribution is 9.10. The zero-order chi connectivity index (χ0) is 12.7. The van der Waals surface area contributed by atoms with E-state index in [1.807, 2.05) is 19.1 Å². The van der Waals surface area contributed by atoms with Gasteiger partial charge in [-0.1, -0.05) is 34.1 Å². The predicted molar refractivity (Wildman–Crippen MR) is 78.1 cm³/mol. The maximum atomic E-state index is 11.6. The van der Waals surface area contributed by atoms with E-state index in [9.17, 15) is 4.79 Å². The molecule has 0 aliphatic heterocycles. The fraction of sp³-hybridized carbons (Fsp3) is 0.308. The van der Waals surface area contributed by atoms with Gasteiger partial charge in [-0.25, -0.2) is 0 Å². The lowest BCUT2D eigenvalue weighted by atomic mass is 10.2. The maximum absolute atomic E-state index is 11.6. The number of carbonyl (C=O) groups is 1. The molecule has 92 valence electrons. The summed E-state index contributed by atoms with van der Waals surface area (Å²) >= 11 is 5.03. The van der Waals surface area contributed by atoms with Gasteiger partial charge in [0.05, 0.1) is 5.25 Å². The summed E-state index contributed by atoms with van der Waals surface area (Å²) in [6, 6.07) is 8.15. The van der Waals surface area contributed by atoms with E-state index in [1.54, 1.807) is 17.8 Å². The summed E-state index contributed by atoms with van der Waals surface area (Å²) in [5, 5.41) is 2.75. The monoisotopic (exact) mass is 313 g/mol. The fourth-order valence-electron chi connectivity index (χ4n) is 1.19. The van der Waals surface area contributed by atoms with E-state index in [0.29, 0.717) is 6.54 Å². The smallest absolute Gasteiger partial charge is 0.233 e. The Labute approximate surface area is 115 Å². The third-order valence-corrected chi connectivity index (χ3v) is 3.95. The van der Waals surface area contributed by atoms with Gasteiger partial charge >= 0.3 is 0 Å². The first-order valence-electron chi connectivity index (χ1n) is 5.38. The lowest BCUT2D eigenvalue weighted by Gasteiger charge is -2.10. The molecule has 4 heteroatoms. The first-order valence-corrected chi connectivity index (χ1v) is 7.22. The molecule has 0 saturated carbocycles. The summed E-state index contributed by atoms with van der Waals surface area (Å²) in [6.07, 6.45) is 1.68. The van der Waals surface area contributed by atoms with Crippen LogP contribution in [0.15, 0.2) is 41.4 Å². The average Bonchev–Trinajstić information content (AvgIpc) is 2.34. The number of amides is 1. The van der Waals surface area contributed by atoms with E-state index in [2.05, 4.69) is 40.0 Å². The Hall–Kier alpha value is -0.740. The van der Waals surface area contributed by atoms with Crippen LogP contribution in [0.1, 0.15) is 12.5 Å². The van der Waals surface area contributed by atoms with Crippen LogP contribution in [-0.2, 0) is 10.5 Å². The third-order valence-electron chi connectivity index (χ3n) is 2.20. The lowest BCUT2D eigenvalue weighted by molar-refractivity contribution is -0.120. The van der Waals surface area contributed by atoms with Gasteiger partial charge in [0.25, 0.3) is 0 Å². The molecule has 0 aromatic heterocycles. The summed E-state index contributed by atoms with van der Waals surface area (Å²) < 4.78 is 1.07. The molecule has 0 aliphatic rings. The summed E-state index contributed by atoms with van der Waals surface area (Å²) in [5.41, 5.74) is 1.22. The molecule has 0 radical (unpaired) electrons. The zero-order valence-corrected chi connectivity index (χ0v) is 12.2. The summed E-state index contributed by atoms with van der Waals surface area (Å²) in [4.78, 5) is 11.6. The molecule has 1 amide bonds. The van der Waals surface area contributed by atoms with Crippen LogP contribution < -0.4 is 5.32 Å². The van der Waals surface area contributed by atoms with Gasteiger partial charge < -0.3 is 5.32 Å². The molecule has 0 saturated heterocycles. The van der Waals surface area contributed by atoms with E-state index < -0.39 is 0 Å². The normalized spacial score (nSPS) is 11.9. The second-order valence-corrected chi connectivity index (χ2v) is 5.86. The first-order chi connectivity index (χ1) is 8.13. The molecule has 1 atom stereocenters. The Morgan fingerprint density at radius 1 is 1.53 bits per heavy atom. The predicted octanol–water partition coefficient (Wildman–Crippen LogP) is 3.37. The topological polar surface area (TPSA) is 29.1 Å². The van der Waals surface area contributed by atoms with Crippen molar-refractivity contribution < 1.29 is 4.79 Å². The van der Waals surface area contributed by atoms with Crippen molar-refractivity contribution in [3.05, 3.63) is 47.0 Å². The molecule has 0 heterocycles. The molecule has 1 aromatic rings. The number of nitrogens with one attached hydrogen (secondary N) is 1. The number of hydrogen-bond donors (Lipinski definition) is 1. The molecule has 1 aromatic carbocycles. The number of carbonyl (C=O) groups excluding carboxylic acids is 1. The van der Waals surface area contributed by atoms with E-state index in [4.69, 9.17) is 0 Å². The standard InChI is InChI=1S/C13H16BrNOS/c1-3-8-15-13(16)10(2)17-9-11-4-6-12(14)7-5-11/h3-7,10H,1,8-9H2,2H3,(H,15,16). The van der Waals surface area contributed by atoms with E-state index in [1.165, 1.54) is 5.56 Å². The van der Waals surface area contributed by atoms with Crippen molar-refractivity contribution in [3.63, 3.8) is 0 Å². The van der Waals surface area contributed by atoms with Crippen molar-refractivity contribution in [1.82, 2.24) is 5.32 Å². The number of rotatable bonds is 6. The highest BCUT2D eigenvalue weighted by Gasteiger charge is 2.11. The summed E-state index contributed by atoms with van der Waals surface area (Å²) in [6.45, 7) is 6.02. The van der Waals surface area contributed by atoms with E-state index >= 15 is 0 Å². The Bertz CT molecular complexity index is 378. The molecule has 17 heavy (non-hydrogen) atoms. The average molecular weight is 314 g/mol. The Morgan fingerprint density at radius 2 is 2.18 bits per heavy atom. The van der Waals surface area contributed by atoms with Crippen LogP contribution in [0.25, 0.3) is 0 Å². The van der Waals surface area contributed by atoms with E-state index in [-0.39, 0.29) is 11.2 Å². The Balaban J connectivity index is 2.37. The minimum Gasteiger partial charge on any atom is -0.352 e. The number of hydrogen-bond acceptors (Lipinski definition) is 2. The summed E-state index contributed by atoms with van der Waals surface area (Å²) in [5.74, 6) is 0.905. The van der Waals surface area contributed by atoms with Gasteiger partial charge in [0.2, 0.25) is 5.91 Å². The minimum atomic E-state index is -0.0430. The van der Waals surface area contributed by atoms with Crippen molar-refractivity contribution in [2.24, 2.45) is 0 Å². The molecule has 1 rings (SSSR count). The molecule has 2 nitrogen and oxygen atoms in total. The first kappa shape index (κ1) is 14.3. The van der Waals surface area contributed by atoms with Crippen LogP contribution >= 0.6 is 27.7 Å². The van der Waals surface area contributed by atoms with Crippen LogP contribution in [0.4, 0.5) is 0 Å². The molecule has 0 aliphatic carbocycles. The maximum Gasteiger partial charge on any atom is 0.233 e. The van der Waals surface area contributed by atoms with Crippen LogP contribution in [0.5, 0.6) is 0 Å². The molecular formula is C13H16BrNOS. The molecule has 0 fully saturated rings. The highest BCUT2D eigenvalue weighted by Crippen LogP contribution is 2.19. The summed E-state index contributed by atoms with van der Waals surface area (Å²) in [7, 11) is 0. The van der Waals surface area contributed by atoms with Crippen molar-refractivity contribution in [2.75, 3.05) is 6.54 Å². The fourth-order valence-corrected chi connectivity index (χ4v) is 2.33. The second-order valence-electron chi connectivity index (χ2n) is 3.61. The Kier molecular flexibility index (Phi) is 6.37. The largest absolute Gasteiger partial charge is 0.352 e. The minimum absolute atomic E-state index is 0.0430. The highest BCUT2D eigenvalue weighted by atomic mass is 79.9. The molecule has 0 bridgehead atoms. The van der Waals surface area contributed by atoms with Gasteiger partial charge in [-0.2, -0.15) is 0 Å². The van der Waals surface area contributed by atoms with Gasteiger partial charge in [0.1, 0.15) is 0 Å². The number of halogens is 1. The number of thioether (sulfide) groups is 1. The van der Waals surface area contributed by atoms with Gasteiger partial charge in [-0.3, -0.25) is 4.79 Å². The zero-order valence-electron chi connectivity index (χ0n) is 9.78. The van der Waals surface area contributed by atoms with Gasteiger partial charge in [0.15, 0.2) is 0 Å². The second kappa shape index (κ2) is 7.56. The van der Waals surface area contributed by atoms with Crippen LogP contribution in [0.2, 0.25) is 0 Å². The SMILES string of the molecule is C=CCNC(=O)C(C)SCc1ccc(Br)cc1. The van der Waals surface area contributed by atoms with Crippen LogP contribution in [0, 0.1) is 0 Å². The van der Waals surface area contributed by atoms with Crippen molar-refractivity contribution in [3.8, 4) is 0 Å². The van der Waals surface area contributed by atoms with Crippen LogP contribution in [0.3, 0.4) is 0 Å². The molecule has 0 spiro atoms. The van der Waals surface area contributed by atoms with Crippen molar-refractivity contribution >= 4 is 33.6 Å².